The molecule has 2 nitrogen and oxygen atoms in total. The predicted molar refractivity (Wildman–Crippen MR) is 84.2 cm³/mol. The molecular weight excluding hydrogens is 372 g/mol. The summed E-state index contributed by atoms with van der Waals surface area (Å²) in [5.74, 6) is 0.880. The maximum absolute atomic E-state index is 6.06. The van der Waals surface area contributed by atoms with Crippen molar-refractivity contribution < 1.29 is 9.47 Å². The molecular formula is C15H14Br2O2. The second-order valence-electron chi connectivity index (χ2n) is 4.71. The molecule has 1 aliphatic carbocycles. The number of alkyl halides is 1. The lowest BCUT2D eigenvalue weighted by atomic mass is 9.91. The molecule has 1 fully saturated rings. The fourth-order valence-corrected chi connectivity index (χ4v) is 3.92. The topological polar surface area (TPSA) is 18.5 Å². The van der Waals surface area contributed by atoms with Crippen LogP contribution in [0.25, 0.3) is 10.8 Å². The number of fused-ring (bicyclic) bond motifs is 1. The molecule has 100 valence electrons. The number of halogens is 2. The first kappa shape index (κ1) is 13.4. The van der Waals surface area contributed by atoms with Gasteiger partial charge in [-0.05, 0) is 32.8 Å². The molecule has 1 aliphatic rings. The average molecular weight is 386 g/mol. The molecule has 0 aliphatic heterocycles. The zero-order valence-corrected chi connectivity index (χ0v) is 13.6. The summed E-state index contributed by atoms with van der Waals surface area (Å²) >= 11 is 7.23. The van der Waals surface area contributed by atoms with E-state index in [0.717, 1.165) is 16.6 Å². The van der Waals surface area contributed by atoms with Crippen LogP contribution in [0.4, 0.5) is 0 Å². The van der Waals surface area contributed by atoms with Crippen LogP contribution in [0, 0.1) is 0 Å². The van der Waals surface area contributed by atoms with E-state index >= 15 is 0 Å². The number of methoxy groups -OCH3 is 1. The van der Waals surface area contributed by atoms with Crippen LogP contribution < -0.4 is 4.74 Å². The molecule has 0 radical (unpaired) electrons. The highest BCUT2D eigenvalue weighted by Gasteiger charge is 2.41. The van der Waals surface area contributed by atoms with Crippen molar-refractivity contribution in [2.75, 3.05) is 7.11 Å². The van der Waals surface area contributed by atoms with Gasteiger partial charge in [-0.25, -0.2) is 0 Å². The highest BCUT2D eigenvalue weighted by atomic mass is 79.9. The van der Waals surface area contributed by atoms with Crippen molar-refractivity contribution in [3.05, 3.63) is 40.9 Å². The van der Waals surface area contributed by atoms with E-state index in [1.54, 1.807) is 7.11 Å². The van der Waals surface area contributed by atoms with Gasteiger partial charge in [0.25, 0.3) is 0 Å². The van der Waals surface area contributed by atoms with Crippen LogP contribution in [0.1, 0.15) is 6.42 Å². The second-order valence-corrected chi connectivity index (χ2v) is 6.68. The number of ether oxygens (including phenoxy) is 2. The van der Waals surface area contributed by atoms with Gasteiger partial charge in [0, 0.05) is 18.4 Å². The molecule has 19 heavy (non-hydrogen) atoms. The van der Waals surface area contributed by atoms with E-state index in [4.69, 9.17) is 9.47 Å². The van der Waals surface area contributed by atoms with Gasteiger partial charge in [-0.15, -0.1) is 0 Å². The van der Waals surface area contributed by atoms with Crippen LogP contribution in [-0.2, 0) is 4.74 Å². The Balaban J connectivity index is 1.88. The van der Waals surface area contributed by atoms with E-state index in [1.165, 1.54) is 10.8 Å². The van der Waals surface area contributed by atoms with Gasteiger partial charge in [0.15, 0.2) is 0 Å². The van der Waals surface area contributed by atoms with E-state index in [2.05, 4.69) is 50.1 Å². The third-order valence-electron chi connectivity index (χ3n) is 3.56. The Kier molecular flexibility index (Phi) is 3.83. The quantitative estimate of drug-likeness (QED) is 0.722. The molecule has 3 atom stereocenters. The van der Waals surface area contributed by atoms with Crippen molar-refractivity contribution in [3.63, 3.8) is 0 Å². The third-order valence-corrected chi connectivity index (χ3v) is 5.27. The molecule has 0 spiro atoms. The first-order valence-corrected chi connectivity index (χ1v) is 7.92. The molecule has 2 aromatic carbocycles. The molecule has 0 bridgehead atoms. The van der Waals surface area contributed by atoms with Crippen molar-refractivity contribution in [1.82, 2.24) is 0 Å². The second kappa shape index (κ2) is 5.43. The number of benzene rings is 2. The third kappa shape index (κ3) is 2.41. The Morgan fingerprint density at radius 3 is 2.68 bits per heavy atom. The molecule has 0 N–H and O–H groups in total. The largest absolute Gasteiger partial charge is 0.486 e. The number of hydrogen-bond donors (Lipinski definition) is 0. The highest BCUT2D eigenvalue weighted by molar-refractivity contribution is 9.10. The summed E-state index contributed by atoms with van der Waals surface area (Å²) in [6.07, 6.45) is 1.21. The zero-order valence-electron chi connectivity index (χ0n) is 10.5. The Morgan fingerprint density at radius 2 is 1.95 bits per heavy atom. The van der Waals surface area contributed by atoms with Gasteiger partial charge in [-0.3, -0.25) is 0 Å². The van der Waals surface area contributed by atoms with Gasteiger partial charge in [0.1, 0.15) is 18.0 Å². The highest BCUT2D eigenvalue weighted by Crippen LogP contribution is 2.38. The molecule has 3 rings (SSSR count). The van der Waals surface area contributed by atoms with E-state index in [1.807, 2.05) is 18.2 Å². The summed E-state index contributed by atoms with van der Waals surface area (Å²) < 4.78 is 12.5. The van der Waals surface area contributed by atoms with E-state index < -0.39 is 0 Å². The summed E-state index contributed by atoms with van der Waals surface area (Å²) in [5.41, 5.74) is 0. The molecule has 0 amide bonds. The molecule has 2 aromatic rings. The van der Waals surface area contributed by atoms with Gasteiger partial charge in [-0.1, -0.05) is 46.3 Å². The molecule has 3 unspecified atom stereocenters. The molecule has 4 heteroatoms. The van der Waals surface area contributed by atoms with E-state index in [9.17, 15) is 0 Å². The Morgan fingerprint density at radius 1 is 1.16 bits per heavy atom. The lowest BCUT2D eigenvalue weighted by molar-refractivity contribution is -0.0547. The fourth-order valence-electron chi connectivity index (χ4n) is 2.41. The molecule has 1 saturated carbocycles. The first-order valence-electron chi connectivity index (χ1n) is 6.21. The van der Waals surface area contributed by atoms with Crippen LogP contribution >= 0.6 is 31.9 Å². The summed E-state index contributed by atoms with van der Waals surface area (Å²) in [5, 5.41) is 2.38. The summed E-state index contributed by atoms with van der Waals surface area (Å²) in [6.45, 7) is 0. The van der Waals surface area contributed by atoms with E-state index in [-0.39, 0.29) is 12.2 Å². The first-order chi connectivity index (χ1) is 9.20. The monoisotopic (exact) mass is 384 g/mol. The SMILES string of the molecule is COC1C(Br)CC1Oc1ccc2ccccc2c1Br. The van der Waals surface area contributed by atoms with Crippen molar-refractivity contribution in [2.45, 2.75) is 23.5 Å². The Bertz CT molecular complexity index is 600. The molecule has 0 saturated heterocycles. The minimum absolute atomic E-state index is 0.117. The molecule has 0 aromatic heterocycles. The number of hydrogen-bond acceptors (Lipinski definition) is 2. The van der Waals surface area contributed by atoms with Crippen LogP contribution in [0.3, 0.4) is 0 Å². The Hall–Kier alpha value is -0.580. The lowest BCUT2D eigenvalue weighted by Crippen LogP contribution is -2.51. The molecule has 0 heterocycles. The summed E-state index contributed by atoms with van der Waals surface area (Å²) in [7, 11) is 1.73. The van der Waals surface area contributed by atoms with Crippen molar-refractivity contribution in [1.29, 1.82) is 0 Å². The van der Waals surface area contributed by atoms with Crippen molar-refractivity contribution in [3.8, 4) is 5.75 Å². The normalized spacial score (nSPS) is 26.2. The minimum atomic E-state index is 0.117. The lowest BCUT2D eigenvalue weighted by Gasteiger charge is -2.40. The smallest absolute Gasteiger partial charge is 0.134 e. The van der Waals surface area contributed by atoms with Crippen LogP contribution in [-0.4, -0.2) is 24.1 Å². The summed E-state index contributed by atoms with van der Waals surface area (Å²) in [6, 6.07) is 12.4. The predicted octanol–water partition coefficient (Wildman–Crippen LogP) is 4.53. The van der Waals surface area contributed by atoms with E-state index in [0.29, 0.717) is 4.83 Å². The van der Waals surface area contributed by atoms with Gasteiger partial charge < -0.3 is 9.47 Å². The number of rotatable bonds is 3. The maximum Gasteiger partial charge on any atom is 0.134 e. The van der Waals surface area contributed by atoms with Crippen molar-refractivity contribution >= 4 is 42.6 Å². The standard InChI is InChI=1S/C15H14Br2O2/c1-18-15-11(16)8-13(15)19-12-7-6-9-4-2-3-5-10(9)14(12)17/h2-7,11,13,15H,8H2,1H3. The van der Waals surface area contributed by atoms with Gasteiger partial charge >= 0.3 is 0 Å². The minimum Gasteiger partial charge on any atom is -0.486 e. The zero-order chi connectivity index (χ0) is 13.4. The maximum atomic E-state index is 6.06. The van der Waals surface area contributed by atoms with Crippen LogP contribution in [0.15, 0.2) is 40.9 Å². The average Bonchev–Trinajstić information content (AvgIpc) is 2.41. The Labute approximate surface area is 129 Å². The van der Waals surface area contributed by atoms with Gasteiger partial charge in [0.2, 0.25) is 0 Å². The van der Waals surface area contributed by atoms with Crippen LogP contribution in [0.5, 0.6) is 5.75 Å². The fraction of sp³-hybridized carbons (Fsp3) is 0.333. The van der Waals surface area contributed by atoms with Gasteiger partial charge in [-0.2, -0.15) is 0 Å². The summed E-state index contributed by atoms with van der Waals surface area (Å²) in [4.78, 5) is 0.390. The van der Waals surface area contributed by atoms with Crippen LogP contribution in [0.2, 0.25) is 0 Å². The van der Waals surface area contributed by atoms with Gasteiger partial charge in [0.05, 0.1) is 4.47 Å². The van der Waals surface area contributed by atoms with Crippen molar-refractivity contribution in [2.24, 2.45) is 0 Å².